The molecule has 2 aliphatic heterocycles. The number of cyclic esters (lactones) is 2. The van der Waals surface area contributed by atoms with E-state index in [1.807, 2.05) is 0 Å². The Bertz CT molecular complexity index is 307. The Morgan fingerprint density at radius 2 is 1.54 bits per heavy atom. The smallest absolute Gasteiger partial charge is 0.317 e. The Kier molecular flexibility index (Phi) is 0.836. The summed E-state index contributed by atoms with van der Waals surface area (Å²) in [6.45, 7) is 0. The van der Waals surface area contributed by atoms with Crippen molar-refractivity contribution < 1.29 is 19.1 Å². The predicted molar refractivity (Wildman–Crippen MR) is 38.3 cm³/mol. The fourth-order valence-electron chi connectivity index (χ4n) is 3.52. The summed E-state index contributed by atoms with van der Waals surface area (Å²) in [4.78, 5) is 22.6. The summed E-state index contributed by atoms with van der Waals surface area (Å²) in [5.41, 5.74) is 0. The zero-order valence-electron chi connectivity index (χ0n) is 6.80. The van der Waals surface area contributed by atoms with Crippen molar-refractivity contribution in [2.75, 3.05) is 0 Å². The van der Waals surface area contributed by atoms with Crippen molar-refractivity contribution in [3.05, 3.63) is 0 Å². The van der Waals surface area contributed by atoms with Crippen molar-refractivity contribution in [2.24, 2.45) is 23.7 Å². The Morgan fingerprint density at radius 1 is 1.00 bits per heavy atom. The molecule has 4 fully saturated rings. The molecule has 4 aliphatic rings. The molecule has 0 aromatic rings. The number of esters is 2. The van der Waals surface area contributed by atoms with Crippen molar-refractivity contribution in [2.45, 2.75) is 18.6 Å². The van der Waals surface area contributed by atoms with Gasteiger partial charge in [0.1, 0.15) is 0 Å². The summed E-state index contributed by atoms with van der Waals surface area (Å²) in [7, 11) is 0. The zero-order chi connectivity index (χ0) is 8.74. The van der Waals surface area contributed by atoms with Gasteiger partial charge in [0.25, 0.3) is 0 Å². The molecule has 2 saturated carbocycles. The van der Waals surface area contributed by atoms with Crippen molar-refractivity contribution in [3.63, 3.8) is 0 Å². The van der Waals surface area contributed by atoms with Crippen LogP contribution in [0.1, 0.15) is 6.42 Å². The van der Waals surface area contributed by atoms with E-state index in [1.165, 1.54) is 0 Å². The number of carbonyl (C=O) groups excluding carboxylic acids is 2. The van der Waals surface area contributed by atoms with Crippen LogP contribution in [0.25, 0.3) is 0 Å². The Hall–Kier alpha value is -0.900. The summed E-state index contributed by atoms with van der Waals surface area (Å²) >= 11 is 0. The van der Waals surface area contributed by atoms with Crippen LogP contribution >= 0.6 is 0 Å². The van der Waals surface area contributed by atoms with Crippen molar-refractivity contribution in [3.8, 4) is 0 Å². The average Bonchev–Trinajstić information content (AvgIpc) is 2.58. The molecular formula is C9H8O4. The van der Waals surface area contributed by atoms with Gasteiger partial charge in [-0.1, -0.05) is 0 Å². The van der Waals surface area contributed by atoms with Gasteiger partial charge in [-0.3, -0.25) is 9.59 Å². The fraction of sp³-hybridized carbons (Fsp3) is 0.778. The van der Waals surface area contributed by atoms with Gasteiger partial charge in [0.2, 0.25) is 0 Å². The van der Waals surface area contributed by atoms with Crippen LogP contribution in [0.2, 0.25) is 0 Å². The highest BCUT2D eigenvalue weighted by molar-refractivity contribution is 5.97. The molecule has 6 atom stereocenters. The van der Waals surface area contributed by atoms with Crippen LogP contribution in [0.5, 0.6) is 0 Å². The van der Waals surface area contributed by atoms with E-state index in [2.05, 4.69) is 4.74 Å². The lowest BCUT2D eigenvalue weighted by Gasteiger charge is -2.14. The minimum atomic E-state index is -0.309. The maximum atomic E-state index is 11.3. The number of epoxide rings is 1. The normalized spacial score (nSPS) is 60.6. The van der Waals surface area contributed by atoms with Gasteiger partial charge in [0.05, 0.1) is 24.0 Å². The van der Waals surface area contributed by atoms with Crippen molar-refractivity contribution >= 4 is 11.9 Å². The van der Waals surface area contributed by atoms with Gasteiger partial charge in [-0.15, -0.1) is 0 Å². The number of hydrogen-bond donors (Lipinski definition) is 0. The largest absolute Gasteiger partial charge is 0.393 e. The molecular weight excluding hydrogens is 172 g/mol. The van der Waals surface area contributed by atoms with Gasteiger partial charge in [0, 0.05) is 11.8 Å². The van der Waals surface area contributed by atoms with E-state index >= 15 is 0 Å². The minimum absolute atomic E-state index is 0.166. The summed E-state index contributed by atoms with van der Waals surface area (Å²) in [5, 5.41) is 0. The van der Waals surface area contributed by atoms with Gasteiger partial charge in [-0.25, -0.2) is 0 Å². The highest BCUT2D eigenvalue weighted by Gasteiger charge is 2.73. The van der Waals surface area contributed by atoms with Crippen LogP contribution in [0.4, 0.5) is 0 Å². The SMILES string of the molecule is O=C1OC(=O)[C@@H]2[C@H]3C[C@@H]([C@H]4O[C@H]34)[C@@H]12. The maximum absolute atomic E-state index is 11.3. The molecule has 2 bridgehead atoms. The van der Waals surface area contributed by atoms with Crippen LogP contribution in [0.15, 0.2) is 0 Å². The molecule has 0 aromatic heterocycles. The molecule has 13 heavy (non-hydrogen) atoms. The first kappa shape index (κ1) is 6.54. The lowest BCUT2D eigenvalue weighted by molar-refractivity contribution is -0.155. The molecule has 68 valence electrons. The van der Waals surface area contributed by atoms with Crippen LogP contribution < -0.4 is 0 Å². The van der Waals surface area contributed by atoms with Gasteiger partial charge in [-0.2, -0.15) is 0 Å². The second kappa shape index (κ2) is 1.66. The molecule has 2 saturated heterocycles. The van der Waals surface area contributed by atoms with E-state index in [4.69, 9.17) is 4.74 Å². The third-order valence-electron chi connectivity index (χ3n) is 4.00. The first-order chi connectivity index (χ1) is 6.27. The molecule has 2 heterocycles. The minimum Gasteiger partial charge on any atom is -0.393 e. The van der Waals surface area contributed by atoms with Gasteiger partial charge < -0.3 is 9.47 Å². The summed E-state index contributed by atoms with van der Waals surface area (Å²) in [6, 6.07) is 0. The topological polar surface area (TPSA) is 55.9 Å². The molecule has 0 N–H and O–H groups in total. The number of fused-ring (bicyclic) bond motifs is 8. The molecule has 2 aliphatic carbocycles. The Labute approximate surface area is 74.2 Å². The summed E-state index contributed by atoms with van der Waals surface area (Å²) < 4.78 is 10.1. The van der Waals surface area contributed by atoms with E-state index in [0.717, 1.165) is 6.42 Å². The van der Waals surface area contributed by atoms with Crippen LogP contribution in [-0.4, -0.2) is 24.1 Å². The van der Waals surface area contributed by atoms with E-state index in [-0.39, 0.29) is 47.8 Å². The highest BCUT2D eigenvalue weighted by atomic mass is 16.6. The molecule has 0 amide bonds. The van der Waals surface area contributed by atoms with Gasteiger partial charge in [0.15, 0.2) is 0 Å². The molecule has 0 radical (unpaired) electrons. The average molecular weight is 180 g/mol. The highest BCUT2D eigenvalue weighted by Crippen LogP contribution is 2.63. The summed E-state index contributed by atoms with van der Waals surface area (Å²) in [5.74, 6) is -0.395. The third kappa shape index (κ3) is 0.544. The second-order valence-corrected chi connectivity index (χ2v) is 4.42. The fourth-order valence-corrected chi connectivity index (χ4v) is 3.52. The monoisotopic (exact) mass is 180 g/mol. The van der Waals surface area contributed by atoms with Crippen molar-refractivity contribution in [1.29, 1.82) is 0 Å². The zero-order valence-corrected chi connectivity index (χ0v) is 6.80. The van der Waals surface area contributed by atoms with Crippen LogP contribution in [0.3, 0.4) is 0 Å². The standard InChI is InChI=1S/C9H8O4/c10-8-4-2-1-3(7-6(2)12-7)5(4)9(11)13-8/h2-7H,1H2/t2-,3-,4-,5-,6-,7-/m1/s1. The molecule has 4 heteroatoms. The maximum Gasteiger partial charge on any atom is 0.317 e. The van der Waals surface area contributed by atoms with E-state index < -0.39 is 0 Å². The Balaban J connectivity index is 1.84. The Morgan fingerprint density at radius 3 is 2.08 bits per heavy atom. The molecule has 0 unspecified atom stereocenters. The van der Waals surface area contributed by atoms with E-state index in [1.54, 1.807) is 0 Å². The lowest BCUT2D eigenvalue weighted by atomic mass is 9.81. The van der Waals surface area contributed by atoms with Crippen LogP contribution in [-0.2, 0) is 19.1 Å². The van der Waals surface area contributed by atoms with Crippen LogP contribution in [0, 0.1) is 23.7 Å². The first-order valence-corrected chi connectivity index (χ1v) is 4.68. The van der Waals surface area contributed by atoms with Crippen molar-refractivity contribution in [1.82, 2.24) is 0 Å². The first-order valence-electron chi connectivity index (χ1n) is 4.68. The number of hydrogen-bond acceptors (Lipinski definition) is 4. The number of carbonyl (C=O) groups is 2. The molecule has 4 rings (SSSR count). The number of ether oxygens (including phenoxy) is 2. The predicted octanol–water partition coefficient (Wildman–Crippen LogP) is -0.281. The van der Waals surface area contributed by atoms with E-state index in [0.29, 0.717) is 0 Å². The lowest BCUT2D eigenvalue weighted by Crippen LogP contribution is -2.29. The summed E-state index contributed by atoms with van der Waals surface area (Å²) in [6.07, 6.45) is 1.53. The number of rotatable bonds is 0. The second-order valence-electron chi connectivity index (χ2n) is 4.42. The third-order valence-corrected chi connectivity index (χ3v) is 4.00. The van der Waals surface area contributed by atoms with Gasteiger partial charge >= 0.3 is 11.9 Å². The molecule has 0 spiro atoms. The van der Waals surface area contributed by atoms with Gasteiger partial charge in [-0.05, 0) is 6.42 Å². The molecule has 4 nitrogen and oxygen atoms in total. The quantitative estimate of drug-likeness (QED) is 0.292. The van der Waals surface area contributed by atoms with E-state index in [9.17, 15) is 9.59 Å². The molecule has 0 aromatic carbocycles.